The van der Waals surface area contributed by atoms with Gasteiger partial charge in [-0.15, -0.1) is 11.3 Å². The van der Waals surface area contributed by atoms with Gasteiger partial charge in [0.15, 0.2) is 0 Å². The third-order valence-electron chi connectivity index (χ3n) is 3.57. The maximum absolute atomic E-state index is 10.6. The second-order valence-electron chi connectivity index (χ2n) is 4.81. The summed E-state index contributed by atoms with van der Waals surface area (Å²) in [6.07, 6.45) is -0.616. The molecular weight excluding hydrogens is 268 g/mol. The van der Waals surface area contributed by atoms with Crippen LogP contribution in [0.4, 0.5) is 0 Å². The summed E-state index contributed by atoms with van der Waals surface area (Å²) in [5.41, 5.74) is 2.16. The minimum Gasteiger partial charge on any atom is -0.496 e. The van der Waals surface area contributed by atoms with E-state index in [1.54, 1.807) is 7.11 Å². The zero-order chi connectivity index (χ0) is 14.1. The molecule has 1 heterocycles. The minimum absolute atomic E-state index is 0.616. The summed E-state index contributed by atoms with van der Waals surface area (Å²) in [6.45, 7) is 2.09. The van der Waals surface area contributed by atoms with Crippen molar-refractivity contribution in [1.29, 1.82) is 0 Å². The zero-order valence-corrected chi connectivity index (χ0v) is 12.3. The molecule has 1 unspecified atom stereocenters. The molecule has 0 aliphatic heterocycles. The van der Waals surface area contributed by atoms with Gasteiger partial charge < -0.3 is 9.84 Å². The molecule has 20 heavy (non-hydrogen) atoms. The summed E-state index contributed by atoms with van der Waals surface area (Å²) in [6, 6.07) is 14.2. The number of thiophene rings is 1. The number of methoxy groups -OCH3 is 1. The maximum atomic E-state index is 10.6. The number of benzene rings is 2. The Morgan fingerprint density at radius 3 is 2.55 bits per heavy atom. The quantitative estimate of drug-likeness (QED) is 0.777. The van der Waals surface area contributed by atoms with E-state index in [0.29, 0.717) is 0 Å². The number of hydrogen-bond donors (Lipinski definition) is 1. The van der Waals surface area contributed by atoms with Crippen LogP contribution in [-0.2, 0) is 0 Å². The molecule has 0 radical (unpaired) electrons. The minimum atomic E-state index is -0.616. The van der Waals surface area contributed by atoms with Crippen molar-refractivity contribution in [1.82, 2.24) is 0 Å². The third kappa shape index (κ3) is 2.19. The van der Waals surface area contributed by atoms with Crippen LogP contribution in [0.25, 0.3) is 10.8 Å². The molecule has 2 nitrogen and oxygen atoms in total. The fourth-order valence-corrected chi connectivity index (χ4v) is 3.31. The predicted molar refractivity (Wildman–Crippen MR) is 83.6 cm³/mol. The smallest absolute Gasteiger partial charge is 0.129 e. The lowest BCUT2D eigenvalue weighted by Gasteiger charge is -2.13. The van der Waals surface area contributed by atoms with Crippen LogP contribution in [0.1, 0.15) is 22.1 Å². The average molecular weight is 284 g/mol. The van der Waals surface area contributed by atoms with Crippen LogP contribution < -0.4 is 4.74 Å². The largest absolute Gasteiger partial charge is 0.496 e. The molecule has 0 amide bonds. The van der Waals surface area contributed by atoms with Crippen molar-refractivity contribution >= 4 is 22.1 Å². The van der Waals surface area contributed by atoms with Gasteiger partial charge in [-0.1, -0.05) is 36.4 Å². The fourth-order valence-electron chi connectivity index (χ4n) is 2.45. The van der Waals surface area contributed by atoms with E-state index in [1.165, 1.54) is 22.3 Å². The van der Waals surface area contributed by atoms with Crippen LogP contribution in [0.5, 0.6) is 5.75 Å². The van der Waals surface area contributed by atoms with Crippen molar-refractivity contribution < 1.29 is 9.84 Å². The van der Waals surface area contributed by atoms with Crippen LogP contribution in [0.2, 0.25) is 0 Å². The van der Waals surface area contributed by atoms with Crippen molar-refractivity contribution in [2.45, 2.75) is 13.0 Å². The van der Waals surface area contributed by atoms with Gasteiger partial charge in [-0.05, 0) is 34.9 Å². The molecule has 3 aromatic rings. The van der Waals surface area contributed by atoms with Crippen molar-refractivity contribution in [3.8, 4) is 5.75 Å². The van der Waals surface area contributed by atoms with Crippen molar-refractivity contribution in [2.75, 3.05) is 7.11 Å². The number of aliphatic hydroxyl groups is 1. The Morgan fingerprint density at radius 2 is 1.85 bits per heavy atom. The standard InChI is InChI=1S/C17H16O2S/c1-11-7-8-15(14-6-4-3-5-13(11)14)17(18)16-9-12(19-2)10-20-16/h3-10,17-18H,1-2H3. The Bertz CT molecular complexity index is 746. The fraction of sp³-hybridized carbons (Fsp3) is 0.176. The first-order chi connectivity index (χ1) is 9.70. The number of aryl methyl sites for hydroxylation is 1. The normalized spacial score (nSPS) is 12.6. The first kappa shape index (κ1) is 13.2. The van der Waals surface area contributed by atoms with Crippen LogP contribution in [-0.4, -0.2) is 12.2 Å². The van der Waals surface area contributed by atoms with Gasteiger partial charge in [0, 0.05) is 10.3 Å². The molecule has 0 bridgehead atoms. The summed E-state index contributed by atoms with van der Waals surface area (Å²) in [7, 11) is 1.64. The first-order valence-electron chi connectivity index (χ1n) is 6.49. The zero-order valence-electron chi connectivity index (χ0n) is 11.5. The molecule has 0 aliphatic carbocycles. The second kappa shape index (κ2) is 5.27. The Labute approximate surface area is 122 Å². The molecule has 0 saturated carbocycles. The molecule has 3 rings (SSSR count). The lowest BCUT2D eigenvalue weighted by atomic mass is 9.96. The lowest BCUT2D eigenvalue weighted by Crippen LogP contribution is -1.99. The Morgan fingerprint density at radius 1 is 1.10 bits per heavy atom. The van der Waals surface area contributed by atoms with Gasteiger partial charge in [-0.2, -0.15) is 0 Å². The maximum Gasteiger partial charge on any atom is 0.129 e. The molecule has 0 aliphatic rings. The number of rotatable bonds is 3. The first-order valence-corrected chi connectivity index (χ1v) is 7.37. The molecule has 0 spiro atoms. The molecule has 1 aromatic heterocycles. The van der Waals surface area contributed by atoms with E-state index in [0.717, 1.165) is 21.6 Å². The highest BCUT2D eigenvalue weighted by Crippen LogP contribution is 2.35. The van der Waals surface area contributed by atoms with Crippen LogP contribution in [0, 0.1) is 6.92 Å². The number of hydrogen-bond acceptors (Lipinski definition) is 3. The van der Waals surface area contributed by atoms with Crippen molar-refractivity contribution in [2.24, 2.45) is 0 Å². The molecule has 0 saturated heterocycles. The highest BCUT2D eigenvalue weighted by molar-refractivity contribution is 7.10. The summed E-state index contributed by atoms with van der Waals surface area (Å²) in [5.74, 6) is 0.792. The molecule has 3 heteroatoms. The van der Waals surface area contributed by atoms with Gasteiger partial charge in [0.1, 0.15) is 11.9 Å². The molecule has 2 aromatic carbocycles. The van der Waals surface area contributed by atoms with Gasteiger partial charge >= 0.3 is 0 Å². The number of fused-ring (bicyclic) bond motifs is 1. The predicted octanol–water partition coefficient (Wildman–Crippen LogP) is 4.30. The molecule has 1 N–H and O–H groups in total. The number of ether oxygens (including phenoxy) is 1. The van der Waals surface area contributed by atoms with E-state index in [-0.39, 0.29) is 0 Å². The monoisotopic (exact) mass is 284 g/mol. The lowest BCUT2D eigenvalue weighted by molar-refractivity contribution is 0.225. The highest BCUT2D eigenvalue weighted by Gasteiger charge is 2.16. The summed E-state index contributed by atoms with van der Waals surface area (Å²) in [5, 5.41) is 14.8. The SMILES string of the molecule is COc1csc(C(O)c2ccc(C)c3ccccc23)c1. The molecular formula is C17H16O2S. The van der Waals surface area contributed by atoms with E-state index in [1.807, 2.05) is 29.6 Å². The van der Waals surface area contributed by atoms with E-state index in [4.69, 9.17) is 4.74 Å². The third-order valence-corrected chi connectivity index (χ3v) is 4.53. The topological polar surface area (TPSA) is 29.5 Å². The Balaban J connectivity index is 2.12. The van der Waals surface area contributed by atoms with Crippen LogP contribution in [0.15, 0.2) is 47.8 Å². The summed E-state index contributed by atoms with van der Waals surface area (Å²) < 4.78 is 5.19. The second-order valence-corrected chi connectivity index (χ2v) is 5.75. The molecule has 0 fully saturated rings. The average Bonchev–Trinajstić information content (AvgIpc) is 2.96. The Kier molecular flexibility index (Phi) is 3.47. The van der Waals surface area contributed by atoms with Gasteiger partial charge in [-0.25, -0.2) is 0 Å². The van der Waals surface area contributed by atoms with Crippen LogP contribution in [0.3, 0.4) is 0 Å². The van der Waals surface area contributed by atoms with Gasteiger partial charge in [0.25, 0.3) is 0 Å². The van der Waals surface area contributed by atoms with E-state index in [9.17, 15) is 5.11 Å². The van der Waals surface area contributed by atoms with Crippen molar-refractivity contribution in [3.63, 3.8) is 0 Å². The van der Waals surface area contributed by atoms with E-state index in [2.05, 4.69) is 25.1 Å². The van der Waals surface area contributed by atoms with Gasteiger partial charge in [-0.3, -0.25) is 0 Å². The van der Waals surface area contributed by atoms with Gasteiger partial charge in [0.05, 0.1) is 7.11 Å². The van der Waals surface area contributed by atoms with Gasteiger partial charge in [0.2, 0.25) is 0 Å². The number of aliphatic hydroxyl groups excluding tert-OH is 1. The Hall–Kier alpha value is -1.84. The van der Waals surface area contributed by atoms with E-state index >= 15 is 0 Å². The van der Waals surface area contributed by atoms with Crippen LogP contribution >= 0.6 is 11.3 Å². The summed E-state index contributed by atoms with van der Waals surface area (Å²) >= 11 is 1.51. The molecule has 1 atom stereocenters. The van der Waals surface area contributed by atoms with E-state index < -0.39 is 6.10 Å². The molecule has 102 valence electrons. The van der Waals surface area contributed by atoms with Crippen molar-refractivity contribution in [3.05, 3.63) is 63.8 Å². The highest BCUT2D eigenvalue weighted by atomic mass is 32.1. The summed E-state index contributed by atoms with van der Waals surface area (Å²) in [4.78, 5) is 0.899.